The first-order valence-corrected chi connectivity index (χ1v) is 12.4. The lowest BCUT2D eigenvalue weighted by atomic mass is 10.1. The number of hydrogen-bond acceptors (Lipinski definition) is 5. The molecule has 0 saturated heterocycles. The minimum atomic E-state index is 0.542. The van der Waals surface area contributed by atoms with Gasteiger partial charge in [-0.3, -0.25) is 9.55 Å². The molecule has 0 amide bonds. The van der Waals surface area contributed by atoms with Gasteiger partial charge in [-0.05, 0) is 18.2 Å². The number of benzene rings is 4. The van der Waals surface area contributed by atoms with E-state index in [0.29, 0.717) is 23.2 Å². The Balaban J connectivity index is 1.48. The van der Waals surface area contributed by atoms with E-state index < -0.39 is 0 Å². The molecule has 4 aromatic carbocycles. The first-order valence-electron chi connectivity index (χ1n) is 12.4. The fourth-order valence-electron chi connectivity index (χ4n) is 5.29. The van der Waals surface area contributed by atoms with Crippen molar-refractivity contribution < 1.29 is 4.42 Å². The molecular formula is C32H19N5O. The number of furan rings is 1. The van der Waals surface area contributed by atoms with Gasteiger partial charge in [-0.25, -0.2) is 4.98 Å². The largest absolute Gasteiger partial charge is 0.454 e. The zero-order chi connectivity index (χ0) is 25.1. The Morgan fingerprint density at radius 1 is 0.526 bits per heavy atom. The molecule has 0 aliphatic rings. The summed E-state index contributed by atoms with van der Waals surface area (Å²) in [6, 6.07) is 34.7. The van der Waals surface area contributed by atoms with Crippen molar-refractivity contribution in [3.8, 4) is 28.7 Å². The Bertz CT molecular complexity index is 2090. The molecular weight excluding hydrogens is 470 g/mol. The smallest absolute Gasteiger partial charge is 0.238 e. The van der Waals surface area contributed by atoms with Crippen LogP contribution in [0.2, 0.25) is 0 Å². The minimum absolute atomic E-state index is 0.542. The summed E-state index contributed by atoms with van der Waals surface area (Å²) in [4.78, 5) is 19.5. The highest BCUT2D eigenvalue weighted by Crippen LogP contribution is 2.36. The van der Waals surface area contributed by atoms with Crippen LogP contribution in [-0.2, 0) is 0 Å². The van der Waals surface area contributed by atoms with Gasteiger partial charge in [-0.15, -0.1) is 0 Å². The van der Waals surface area contributed by atoms with E-state index in [4.69, 9.17) is 19.4 Å². The molecule has 4 heterocycles. The van der Waals surface area contributed by atoms with Crippen LogP contribution in [-0.4, -0.2) is 24.5 Å². The van der Waals surface area contributed by atoms with Crippen molar-refractivity contribution in [1.82, 2.24) is 24.5 Å². The molecule has 0 unspecified atom stereocenters. The van der Waals surface area contributed by atoms with Crippen LogP contribution in [0.4, 0.5) is 0 Å². The highest BCUT2D eigenvalue weighted by atomic mass is 16.3. The van der Waals surface area contributed by atoms with Gasteiger partial charge in [0.2, 0.25) is 5.95 Å². The van der Waals surface area contributed by atoms with Crippen LogP contribution in [0.25, 0.3) is 72.5 Å². The zero-order valence-corrected chi connectivity index (χ0v) is 20.1. The van der Waals surface area contributed by atoms with Gasteiger partial charge in [0.25, 0.3) is 0 Å². The topological polar surface area (TPSA) is 69.6 Å². The van der Waals surface area contributed by atoms with Gasteiger partial charge in [-0.1, -0.05) is 84.9 Å². The standard InChI is InChI=1S/C32H19N5O/c1-2-10-20(11-3-1)30-34-31(24-18-33-19-28-29(24)23-14-6-9-17-27(23)38-28)36-32(35-30)37-25-15-7-4-12-21(25)22-13-5-8-16-26(22)37/h1-19H. The number of rotatable bonds is 3. The van der Waals surface area contributed by atoms with Gasteiger partial charge < -0.3 is 4.42 Å². The second-order valence-electron chi connectivity index (χ2n) is 9.18. The Morgan fingerprint density at radius 2 is 1.16 bits per heavy atom. The van der Waals surface area contributed by atoms with Crippen molar-refractivity contribution in [3.63, 3.8) is 0 Å². The summed E-state index contributed by atoms with van der Waals surface area (Å²) < 4.78 is 8.22. The van der Waals surface area contributed by atoms with Crippen molar-refractivity contribution in [1.29, 1.82) is 0 Å². The Kier molecular flexibility index (Phi) is 4.42. The molecule has 8 aromatic rings. The molecule has 178 valence electrons. The Hall–Kier alpha value is -5.36. The lowest BCUT2D eigenvalue weighted by Crippen LogP contribution is -2.06. The normalized spacial score (nSPS) is 11.7. The number of para-hydroxylation sites is 3. The molecule has 4 aromatic heterocycles. The quantitative estimate of drug-likeness (QED) is 0.256. The fourth-order valence-corrected chi connectivity index (χ4v) is 5.29. The van der Waals surface area contributed by atoms with Gasteiger partial charge in [0.1, 0.15) is 5.58 Å². The average Bonchev–Trinajstić information content (AvgIpc) is 3.53. The van der Waals surface area contributed by atoms with Crippen LogP contribution in [0.5, 0.6) is 0 Å². The van der Waals surface area contributed by atoms with Crippen LogP contribution >= 0.6 is 0 Å². The Morgan fingerprint density at radius 3 is 1.92 bits per heavy atom. The zero-order valence-electron chi connectivity index (χ0n) is 20.1. The maximum Gasteiger partial charge on any atom is 0.238 e. The van der Waals surface area contributed by atoms with Crippen molar-refractivity contribution in [3.05, 3.63) is 116 Å². The van der Waals surface area contributed by atoms with E-state index in [1.807, 2.05) is 66.9 Å². The molecule has 0 saturated carbocycles. The van der Waals surface area contributed by atoms with E-state index in [2.05, 4.69) is 52.0 Å². The lowest BCUT2D eigenvalue weighted by molar-refractivity contribution is 0.667. The van der Waals surface area contributed by atoms with Gasteiger partial charge in [0.15, 0.2) is 17.2 Å². The summed E-state index contributed by atoms with van der Waals surface area (Å²) >= 11 is 0. The van der Waals surface area contributed by atoms with Gasteiger partial charge in [0, 0.05) is 38.9 Å². The van der Waals surface area contributed by atoms with E-state index in [9.17, 15) is 0 Å². The molecule has 0 aliphatic heterocycles. The van der Waals surface area contributed by atoms with Crippen LogP contribution in [0, 0.1) is 0 Å². The monoisotopic (exact) mass is 489 g/mol. The lowest BCUT2D eigenvalue weighted by Gasteiger charge is -2.11. The van der Waals surface area contributed by atoms with Crippen LogP contribution in [0.1, 0.15) is 0 Å². The highest BCUT2D eigenvalue weighted by molar-refractivity contribution is 6.11. The van der Waals surface area contributed by atoms with Crippen molar-refractivity contribution >= 4 is 43.7 Å². The summed E-state index contributed by atoms with van der Waals surface area (Å²) in [5.41, 5.74) is 5.29. The first kappa shape index (κ1) is 20.8. The molecule has 0 fully saturated rings. The summed E-state index contributed by atoms with van der Waals surface area (Å²) in [6.07, 6.45) is 3.55. The molecule has 0 atom stereocenters. The van der Waals surface area contributed by atoms with Crippen LogP contribution in [0.15, 0.2) is 120 Å². The minimum Gasteiger partial charge on any atom is -0.454 e. The number of aromatic nitrogens is 5. The summed E-state index contributed by atoms with van der Waals surface area (Å²) in [5.74, 6) is 1.69. The van der Waals surface area contributed by atoms with Crippen LogP contribution in [0.3, 0.4) is 0 Å². The number of fused-ring (bicyclic) bond motifs is 6. The van der Waals surface area contributed by atoms with E-state index >= 15 is 0 Å². The molecule has 6 nitrogen and oxygen atoms in total. The molecule has 0 N–H and O–H groups in total. The summed E-state index contributed by atoms with van der Waals surface area (Å²) in [5, 5.41) is 4.24. The van der Waals surface area contributed by atoms with E-state index in [1.54, 1.807) is 6.20 Å². The number of pyridine rings is 1. The predicted molar refractivity (Wildman–Crippen MR) is 150 cm³/mol. The molecule has 0 radical (unpaired) electrons. The SMILES string of the molecule is c1ccc(-c2nc(-c3cncc4oc5ccccc5c34)nc(-n3c4ccccc4c4ccccc43)n2)cc1. The molecule has 0 aliphatic carbocycles. The number of hydrogen-bond donors (Lipinski definition) is 0. The van der Waals surface area contributed by atoms with E-state index in [1.165, 1.54) is 0 Å². The highest BCUT2D eigenvalue weighted by Gasteiger charge is 2.20. The Labute approximate surface area is 216 Å². The van der Waals surface area contributed by atoms with E-state index in [0.717, 1.165) is 49.3 Å². The van der Waals surface area contributed by atoms with Crippen molar-refractivity contribution in [2.45, 2.75) is 0 Å². The second kappa shape index (κ2) is 8.08. The molecule has 0 spiro atoms. The molecule has 8 rings (SSSR count). The van der Waals surface area contributed by atoms with Gasteiger partial charge in [0.05, 0.1) is 17.2 Å². The number of nitrogens with zero attached hydrogens (tertiary/aromatic N) is 5. The first-order chi connectivity index (χ1) is 18.8. The third-order valence-corrected chi connectivity index (χ3v) is 6.96. The summed E-state index contributed by atoms with van der Waals surface area (Å²) in [7, 11) is 0. The average molecular weight is 490 g/mol. The summed E-state index contributed by atoms with van der Waals surface area (Å²) in [6.45, 7) is 0. The maximum absolute atomic E-state index is 6.11. The second-order valence-corrected chi connectivity index (χ2v) is 9.18. The molecule has 6 heteroatoms. The van der Waals surface area contributed by atoms with Gasteiger partial charge in [-0.2, -0.15) is 9.97 Å². The fraction of sp³-hybridized carbons (Fsp3) is 0. The third-order valence-electron chi connectivity index (χ3n) is 6.96. The maximum atomic E-state index is 6.11. The van der Waals surface area contributed by atoms with Gasteiger partial charge >= 0.3 is 0 Å². The predicted octanol–water partition coefficient (Wildman–Crippen LogP) is 7.60. The van der Waals surface area contributed by atoms with Crippen LogP contribution < -0.4 is 0 Å². The third kappa shape index (κ3) is 3.07. The molecule has 38 heavy (non-hydrogen) atoms. The van der Waals surface area contributed by atoms with Crippen molar-refractivity contribution in [2.24, 2.45) is 0 Å². The van der Waals surface area contributed by atoms with E-state index in [-0.39, 0.29) is 0 Å². The molecule has 0 bridgehead atoms. The van der Waals surface area contributed by atoms with Crippen molar-refractivity contribution in [2.75, 3.05) is 0 Å².